The summed E-state index contributed by atoms with van der Waals surface area (Å²) >= 11 is 4.60. The second-order valence-electron chi connectivity index (χ2n) is 5.79. The minimum atomic E-state index is -0.897. The van der Waals surface area contributed by atoms with E-state index in [1.54, 1.807) is 15.3 Å². The lowest BCUT2D eigenvalue weighted by molar-refractivity contribution is -0.133. The third kappa shape index (κ3) is 4.11. The molecule has 2 aromatic carbocycles. The molecule has 0 atom stereocenters. The van der Waals surface area contributed by atoms with Gasteiger partial charge in [0.05, 0.1) is 18.0 Å². The Kier molecular flexibility index (Phi) is 5.68. The van der Waals surface area contributed by atoms with Crippen LogP contribution in [0.4, 0.5) is 0 Å². The number of benzene rings is 2. The van der Waals surface area contributed by atoms with Crippen molar-refractivity contribution in [2.45, 2.75) is 18.4 Å². The topological polar surface area (TPSA) is 64.2 Å². The molecule has 0 unspecified atom stereocenters. The van der Waals surface area contributed by atoms with Gasteiger partial charge in [0.1, 0.15) is 0 Å². The van der Waals surface area contributed by atoms with Gasteiger partial charge in [-0.25, -0.2) is 4.79 Å². The molecule has 1 heterocycles. The standard InChI is InChI=1S/C19H17BrN2O3S/c1-13-10-22(19(25)21(13)11-14-5-3-2-4-6-14)16-8-7-15(20)9-17(16)26-12-18(23)24/h2-10H,11-12H2,1H3,(H,23,24). The third-order valence-electron chi connectivity index (χ3n) is 3.89. The summed E-state index contributed by atoms with van der Waals surface area (Å²) in [6.45, 7) is 2.39. The molecule has 0 spiro atoms. The predicted octanol–water partition coefficient (Wildman–Crippen LogP) is 3.93. The molecule has 0 radical (unpaired) electrons. The number of carbonyl (C=O) groups is 1. The zero-order valence-corrected chi connectivity index (χ0v) is 16.5. The Morgan fingerprint density at radius 1 is 1.19 bits per heavy atom. The van der Waals surface area contributed by atoms with Crippen molar-refractivity contribution >= 4 is 33.7 Å². The van der Waals surface area contributed by atoms with Crippen LogP contribution in [0.5, 0.6) is 0 Å². The van der Waals surface area contributed by atoms with Crippen LogP contribution in [-0.4, -0.2) is 26.0 Å². The summed E-state index contributed by atoms with van der Waals surface area (Å²) in [6, 6.07) is 15.3. The number of hydrogen-bond donors (Lipinski definition) is 1. The summed E-state index contributed by atoms with van der Waals surface area (Å²) in [5, 5.41) is 8.97. The first-order valence-corrected chi connectivity index (χ1v) is 9.71. The molecular weight excluding hydrogens is 416 g/mol. The lowest BCUT2D eigenvalue weighted by atomic mass is 10.2. The van der Waals surface area contributed by atoms with Crippen LogP contribution < -0.4 is 5.69 Å². The highest BCUT2D eigenvalue weighted by atomic mass is 79.9. The quantitative estimate of drug-likeness (QED) is 0.599. The maximum Gasteiger partial charge on any atom is 0.333 e. The number of thioether (sulfide) groups is 1. The Balaban J connectivity index is 2.01. The van der Waals surface area contributed by atoms with Gasteiger partial charge >= 0.3 is 11.7 Å². The van der Waals surface area contributed by atoms with Crippen molar-refractivity contribution in [3.63, 3.8) is 0 Å². The first kappa shape index (κ1) is 18.5. The number of aliphatic carboxylic acids is 1. The minimum absolute atomic E-state index is 0.0675. The maximum absolute atomic E-state index is 13.0. The molecule has 3 rings (SSSR count). The smallest absolute Gasteiger partial charge is 0.333 e. The number of carboxylic acid groups (broad SMARTS) is 1. The molecule has 0 bridgehead atoms. The van der Waals surface area contributed by atoms with Gasteiger partial charge in [0.15, 0.2) is 0 Å². The minimum Gasteiger partial charge on any atom is -0.481 e. The van der Waals surface area contributed by atoms with E-state index in [-0.39, 0.29) is 11.4 Å². The predicted molar refractivity (Wildman–Crippen MR) is 106 cm³/mol. The average Bonchev–Trinajstić information content (AvgIpc) is 2.89. The second-order valence-corrected chi connectivity index (χ2v) is 7.72. The Morgan fingerprint density at radius 2 is 1.92 bits per heavy atom. The van der Waals surface area contributed by atoms with Crippen molar-refractivity contribution in [1.82, 2.24) is 9.13 Å². The largest absolute Gasteiger partial charge is 0.481 e. The zero-order valence-electron chi connectivity index (χ0n) is 14.1. The summed E-state index contributed by atoms with van der Waals surface area (Å²) in [6.07, 6.45) is 1.79. The molecule has 0 aliphatic carbocycles. The van der Waals surface area contributed by atoms with Crippen LogP contribution in [0, 0.1) is 6.92 Å². The molecule has 1 N–H and O–H groups in total. The van der Waals surface area contributed by atoms with E-state index in [1.807, 2.05) is 55.5 Å². The monoisotopic (exact) mass is 432 g/mol. The van der Waals surface area contributed by atoms with Gasteiger partial charge in [0.2, 0.25) is 0 Å². The van der Waals surface area contributed by atoms with Crippen molar-refractivity contribution in [2.24, 2.45) is 0 Å². The molecule has 5 nitrogen and oxygen atoms in total. The molecule has 1 aromatic heterocycles. The van der Waals surface area contributed by atoms with Gasteiger partial charge in [0, 0.05) is 21.3 Å². The fraction of sp³-hybridized carbons (Fsp3) is 0.158. The van der Waals surface area contributed by atoms with Gasteiger partial charge in [-0.3, -0.25) is 13.9 Å². The van der Waals surface area contributed by atoms with Gasteiger partial charge in [-0.05, 0) is 30.7 Å². The zero-order chi connectivity index (χ0) is 18.7. The molecule has 3 aromatic rings. The summed E-state index contributed by atoms with van der Waals surface area (Å²) in [5.74, 6) is -0.965. The highest BCUT2D eigenvalue weighted by Crippen LogP contribution is 2.29. The van der Waals surface area contributed by atoms with E-state index in [2.05, 4.69) is 15.9 Å². The van der Waals surface area contributed by atoms with Gasteiger partial charge in [-0.2, -0.15) is 0 Å². The summed E-state index contributed by atoms with van der Waals surface area (Å²) in [7, 11) is 0. The summed E-state index contributed by atoms with van der Waals surface area (Å²) in [5.41, 5.74) is 2.42. The first-order valence-electron chi connectivity index (χ1n) is 7.93. The molecule has 0 saturated carbocycles. The number of rotatable bonds is 6. The van der Waals surface area contributed by atoms with Gasteiger partial charge in [0.25, 0.3) is 0 Å². The SMILES string of the molecule is Cc1cn(-c2ccc(Br)cc2SCC(=O)O)c(=O)n1Cc1ccccc1. The number of aromatic nitrogens is 2. The highest BCUT2D eigenvalue weighted by molar-refractivity contribution is 9.10. The molecule has 0 saturated heterocycles. The number of nitrogens with zero attached hydrogens (tertiary/aromatic N) is 2. The summed E-state index contributed by atoms with van der Waals surface area (Å²) in [4.78, 5) is 24.6. The van der Waals surface area contributed by atoms with E-state index in [9.17, 15) is 9.59 Å². The van der Waals surface area contributed by atoms with Crippen molar-refractivity contribution < 1.29 is 9.90 Å². The molecule has 0 fully saturated rings. The molecule has 0 amide bonds. The van der Waals surface area contributed by atoms with E-state index in [1.165, 1.54) is 11.8 Å². The van der Waals surface area contributed by atoms with E-state index < -0.39 is 5.97 Å². The number of carboxylic acids is 1. The highest BCUT2D eigenvalue weighted by Gasteiger charge is 2.14. The number of hydrogen-bond acceptors (Lipinski definition) is 3. The van der Waals surface area contributed by atoms with Crippen LogP contribution in [0.15, 0.2) is 68.9 Å². The Labute approximate surface area is 163 Å². The molecule has 26 heavy (non-hydrogen) atoms. The van der Waals surface area contributed by atoms with E-state index >= 15 is 0 Å². The van der Waals surface area contributed by atoms with Crippen molar-refractivity contribution in [3.8, 4) is 5.69 Å². The number of imidazole rings is 1. The first-order chi connectivity index (χ1) is 12.5. The van der Waals surface area contributed by atoms with Crippen molar-refractivity contribution in [3.05, 3.63) is 80.9 Å². The van der Waals surface area contributed by atoms with E-state index in [0.29, 0.717) is 12.2 Å². The lowest BCUT2D eigenvalue weighted by Crippen LogP contribution is -2.24. The van der Waals surface area contributed by atoms with Crippen LogP contribution in [0.2, 0.25) is 0 Å². The molecule has 7 heteroatoms. The average molecular weight is 433 g/mol. The van der Waals surface area contributed by atoms with E-state index in [4.69, 9.17) is 5.11 Å². The van der Waals surface area contributed by atoms with Crippen LogP contribution in [0.3, 0.4) is 0 Å². The lowest BCUT2D eigenvalue weighted by Gasteiger charge is -2.09. The third-order valence-corrected chi connectivity index (χ3v) is 5.42. The molecule has 134 valence electrons. The second kappa shape index (κ2) is 7.97. The van der Waals surface area contributed by atoms with Gasteiger partial charge in [-0.1, -0.05) is 46.3 Å². The Hall–Kier alpha value is -2.25. The fourth-order valence-electron chi connectivity index (χ4n) is 2.67. The number of aryl methyl sites for hydroxylation is 1. The van der Waals surface area contributed by atoms with E-state index in [0.717, 1.165) is 20.6 Å². The Morgan fingerprint density at radius 3 is 2.62 bits per heavy atom. The van der Waals surface area contributed by atoms with Crippen molar-refractivity contribution in [1.29, 1.82) is 0 Å². The normalized spacial score (nSPS) is 10.8. The molecule has 0 aliphatic heterocycles. The van der Waals surface area contributed by atoms with Crippen LogP contribution in [0.1, 0.15) is 11.3 Å². The summed E-state index contributed by atoms with van der Waals surface area (Å²) < 4.78 is 4.13. The number of halogens is 1. The van der Waals surface area contributed by atoms with Gasteiger partial charge < -0.3 is 5.11 Å². The molecular formula is C19H17BrN2O3S. The molecule has 0 aliphatic rings. The van der Waals surface area contributed by atoms with Crippen LogP contribution in [-0.2, 0) is 11.3 Å². The van der Waals surface area contributed by atoms with Gasteiger partial charge in [-0.15, -0.1) is 11.8 Å². The van der Waals surface area contributed by atoms with Crippen LogP contribution in [0.25, 0.3) is 5.69 Å². The Bertz CT molecular complexity index is 996. The fourth-order valence-corrected chi connectivity index (χ4v) is 3.98. The van der Waals surface area contributed by atoms with Crippen molar-refractivity contribution in [2.75, 3.05) is 5.75 Å². The maximum atomic E-state index is 13.0. The van der Waals surface area contributed by atoms with Crippen LogP contribution >= 0.6 is 27.7 Å².